The maximum absolute atomic E-state index is 12.5. The Hall–Kier alpha value is -0.630. The van der Waals surface area contributed by atoms with Crippen molar-refractivity contribution in [3.05, 3.63) is 27.2 Å². The minimum Gasteiger partial charge on any atom is -0.478 e. The number of carboxylic acids is 1. The van der Waals surface area contributed by atoms with Crippen LogP contribution in [0.4, 0.5) is 0 Å². The fraction of sp³-hybridized carbons (Fsp3) is 0.417. The van der Waals surface area contributed by atoms with E-state index in [1.807, 2.05) is 0 Å². The Labute approximate surface area is 130 Å². The summed E-state index contributed by atoms with van der Waals surface area (Å²) < 4.78 is 26.7. The van der Waals surface area contributed by atoms with E-state index in [0.29, 0.717) is 13.1 Å². The van der Waals surface area contributed by atoms with Gasteiger partial charge in [-0.25, -0.2) is 13.2 Å². The van der Waals surface area contributed by atoms with Crippen LogP contribution < -0.4 is 0 Å². The monoisotopic (exact) mass is 381 g/mol. The van der Waals surface area contributed by atoms with Gasteiger partial charge in [-0.15, -0.1) is 0 Å². The van der Waals surface area contributed by atoms with Gasteiger partial charge in [0.15, 0.2) is 0 Å². The van der Waals surface area contributed by atoms with Crippen LogP contribution in [0.15, 0.2) is 21.5 Å². The second kappa shape index (κ2) is 6.01. The van der Waals surface area contributed by atoms with E-state index in [1.54, 1.807) is 0 Å². The summed E-state index contributed by atoms with van der Waals surface area (Å²) in [7, 11) is -3.75. The van der Waals surface area contributed by atoms with Crippen LogP contribution in [0.25, 0.3) is 0 Å². The molecule has 0 unspecified atom stereocenters. The van der Waals surface area contributed by atoms with Crippen LogP contribution in [0, 0.1) is 0 Å². The molecular formula is C12H13BrClNO4S. The van der Waals surface area contributed by atoms with Gasteiger partial charge in [-0.3, -0.25) is 0 Å². The van der Waals surface area contributed by atoms with Gasteiger partial charge in [-0.05, 0) is 40.9 Å². The molecule has 0 radical (unpaired) electrons. The fourth-order valence-corrected chi connectivity index (χ4v) is 4.91. The van der Waals surface area contributed by atoms with Crippen LogP contribution in [0.3, 0.4) is 0 Å². The first-order valence-electron chi connectivity index (χ1n) is 6.07. The van der Waals surface area contributed by atoms with E-state index >= 15 is 0 Å². The van der Waals surface area contributed by atoms with Crippen LogP contribution in [-0.4, -0.2) is 36.9 Å². The van der Waals surface area contributed by atoms with E-state index in [9.17, 15) is 13.2 Å². The number of aromatic carboxylic acids is 1. The zero-order valence-electron chi connectivity index (χ0n) is 10.5. The van der Waals surface area contributed by atoms with Crippen molar-refractivity contribution in [1.29, 1.82) is 0 Å². The van der Waals surface area contributed by atoms with E-state index in [0.717, 1.165) is 19.3 Å². The molecule has 1 aromatic carbocycles. The summed E-state index contributed by atoms with van der Waals surface area (Å²) in [5.41, 5.74) is -0.232. The maximum Gasteiger partial charge on any atom is 0.338 e. The third-order valence-electron chi connectivity index (χ3n) is 3.20. The van der Waals surface area contributed by atoms with E-state index in [1.165, 1.54) is 16.4 Å². The topological polar surface area (TPSA) is 74.7 Å². The predicted octanol–water partition coefficient (Wildman–Crippen LogP) is 2.98. The van der Waals surface area contributed by atoms with Crippen LogP contribution in [0.5, 0.6) is 0 Å². The highest BCUT2D eigenvalue weighted by molar-refractivity contribution is 9.10. The number of nitrogens with zero attached hydrogens (tertiary/aromatic N) is 1. The first-order chi connectivity index (χ1) is 9.35. The van der Waals surface area contributed by atoms with Crippen molar-refractivity contribution in [1.82, 2.24) is 4.31 Å². The summed E-state index contributed by atoms with van der Waals surface area (Å²) in [6.45, 7) is 0.883. The lowest BCUT2D eigenvalue weighted by molar-refractivity contribution is 0.0696. The number of hydrogen-bond acceptors (Lipinski definition) is 3. The SMILES string of the molecule is O=C(O)c1c(Br)ccc(S(=O)(=O)N2CCCCC2)c1Cl. The van der Waals surface area contributed by atoms with Gasteiger partial charge in [0.05, 0.1) is 10.6 Å². The number of carbonyl (C=O) groups is 1. The molecule has 0 saturated carbocycles. The van der Waals surface area contributed by atoms with Gasteiger partial charge in [0, 0.05) is 17.6 Å². The quantitative estimate of drug-likeness (QED) is 0.872. The average Bonchev–Trinajstić information content (AvgIpc) is 2.39. The zero-order valence-corrected chi connectivity index (χ0v) is 13.6. The minimum atomic E-state index is -3.75. The Morgan fingerprint density at radius 1 is 1.25 bits per heavy atom. The van der Waals surface area contributed by atoms with Gasteiger partial charge in [-0.2, -0.15) is 4.31 Å². The second-order valence-electron chi connectivity index (χ2n) is 4.50. The molecule has 1 N–H and O–H groups in total. The van der Waals surface area contributed by atoms with E-state index < -0.39 is 16.0 Å². The lowest BCUT2D eigenvalue weighted by Gasteiger charge is -2.26. The molecule has 1 aliphatic rings. The summed E-state index contributed by atoms with van der Waals surface area (Å²) in [5, 5.41) is 8.87. The Morgan fingerprint density at radius 3 is 2.40 bits per heavy atom. The van der Waals surface area contributed by atoms with E-state index in [4.69, 9.17) is 16.7 Å². The average molecular weight is 383 g/mol. The maximum atomic E-state index is 12.5. The van der Waals surface area contributed by atoms with Crippen LogP contribution in [-0.2, 0) is 10.0 Å². The predicted molar refractivity (Wildman–Crippen MR) is 78.7 cm³/mol. The number of piperidine rings is 1. The van der Waals surface area contributed by atoms with Gasteiger partial charge in [0.1, 0.15) is 4.90 Å². The molecule has 1 aliphatic heterocycles. The Balaban J connectivity index is 2.52. The summed E-state index contributed by atoms with van der Waals surface area (Å²) in [6, 6.07) is 2.73. The second-order valence-corrected chi connectivity index (χ2v) is 7.64. The fourth-order valence-electron chi connectivity index (χ4n) is 2.17. The molecule has 20 heavy (non-hydrogen) atoms. The highest BCUT2D eigenvalue weighted by atomic mass is 79.9. The normalized spacial score (nSPS) is 17.1. The van der Waals surface area contributed by atoms with Crippen molar-refractivity contribution in [2.75, 3.05) is 13.1 Å². The largest absolute Gasteiger partial charge is 0.478 e. The summed E-state index contributed by atoms with van der Waals surface area (Å²) in [6.07, 6.45) is 2.61. The molecule has 0 amide bonds. The van der Waals surface area contributed by atoms with Gasteiger partial charge < -0.3 is 5.11 Å². The third kappa shape index (κ3) is 2.86. The summed E-state index contributed by atoms with van der Waals surface area (Å²) in [5.74, 6) is -1.27. The number of hydrogen-bond donors (Lipinski definition) is 1. The summed E-state index contributed by atoms with van der Waals surface area (Å²) >= 11 is 9.07. The zero-order chi connectivity index (χ0) is 14.9. The minimum absolute atomic E-state index is 0.151. The number of halogens is 2. The first kappa shape index (κ1) is 15.8. The number of sulfonamides is 1. The molecule has 0 aromatic heterocycles. The van der Waals surface area contributed by atoms with Crippen LogP contribution in [0.2, 0.25) is 5.02 Å². The van der Waals surface area contributed by atoms with Crippen LogP contribution >= 0.6 is 27.5 Å². The molecule has 0 spiro atoms. The van der Waals surface area contributed by atoms with Gasteiger partial charge in [-0.1, -0.05) is 18.0 Å². The lowest BCUT2D eigenvalue weighted by atomic mass is 10.2. The highest BCUT2D eigenvalue weighted by Gasteiger charge is 2.30. The number of carboxylic acid groups (broad SMARTS) is 1. The molecule has 5 nitrogen and oxygen atoms in total. The standard InChI is InChI=1S/C12H13BrClNO4S/c13-8-4-5-9(11(14)10(8)12(16)17)20(18,19)15-6-2-1-3-7-15/h4-5H,1-3,6-7H2,(H,16,17). The molecule has 1 fully saturated rings. The third-order valence-corrected chi connectivity index (χ3v) is 6.31. The van der Waals surface area contributed by atoms with Gasteiger partial charge in [0.2, 0.25) is 10.0 Å². The van der Waals surface area contributed by atoms with E-state index in [2.05, 4.69) is 15.9 Å². The Kier molecular flexibility index (Phi) is 4.73. The summed E-state index contributed by atoms with van der Waals surface area (Å²) in [4.78, 5) is 11.0. The Bertz CT molecular complexity index is 641. The molecule has 0 bridgehead atoms. The van der Waals surface area contributed by atoms with Crippen molar-refractivity contribution in [2.45, 2.75) is 24.2 Å². The van der Waals surface area contributed by atoms with Crippen molar-refractivity contribution in [3.8, 4) is 0 Å². The van der Waals surface area contributed by atoms with E-state index in [-0.39, 0.29) is 20.0 Å². The molecule has 1 aromatic rings. The van der Waals surface area contributed by atoms with Crippen LogP contribution in [0.1, 0.15) is 29.6 Å². The number of rotatable bonds is 3. The smallest absolute Gasteiger partial charge is 0.338 e. The van der Waals surface area contributed by atoms with Gasteiger partial charge in [0.25, 0.3) is 0 Å². The number of benzene rings is 1. The molecular weight excluding hydrogens is 370 g/mol. The highest BCUT2D eigenvalue weighted by Crippen LogP contribution is 2.33. The van der Waals surface area contributed by atoms with Gasteiger partial charge >= 0.3 is 5.97 Å². The van der Waals surface area contributed by atoms with Crippen molar-refractivity contribution in [2.24, 2.45) is 0 Å². The molecule has 1 heterocycles. The molecule has 0 atom stereocenters. The van der Waals surface area contributed by atoms with Crippen molar-refractivity contribution >= 4 is 43.5 Å². The molecule has 8 heteroatoms. The molecule has 2 rings (SSSR count). The van der Waals surface area contributed by atoms with Crippen molar-refractivity contribution < 1.29 is 18.3 Å². The Morgan fingerprint density at radius 2 is 1.85 bits per heavy atom. The van der Waals surface area contributed by atoms with Crippen molar-refractivity contribution in [3.63, 3.8) is 0 Å². The first-order valence-corrected chi connectivity index (χ1v) is 8.68. The molecule has 1 saturated heterocycles. The molecule has 110 valence electrons. The molecule has 0 aliphatic carbocycles. The lowest BCUT2D eigenvalue weighted by Crippen LogP contribution is -2.35.